The molecule has 1 aliphatic rings. The molecule has 0 aliphatic heterocycles. The molecule has 0 spiro atoms. The van der Waals surface area contributed by atoms with E-state index < -0.39 is 0 Å². The Hall–Kier alpha value is -1.07. The van der Waals surface area contributed by atoms with Gasteiger partial charge >= 0.3 is 0 Å². The maximum atomic E-state index is 11.6. The molecule has 1 aromatic carbocycles. The summed E-state index contributed by atoms with van der Waals surface area (Å²) >= 11 is 3.46. The molecule has 0 saturated heterocycles. The number of ether oxygens (including phenoxy) is 1. The van der Waals surface area contributed by atoms with Gasteiger partial charge in [-0.1, -0.05) is 6.07 Å². The van der Waals surface area contributed by atoms with Crippen LogP contribution in [0.1, 0.15) is 25.3 Å². The number of carbonyl (C=O) groups excluding carboxylic acids is 1. The summed E-state index contributed by atoms with van der Waals surface area (Å²) in [6, 6.07) is 5.96. The number of halogens is 1. The molecule has 0 bridgehead atoms. The summed E-state index contributed by atoms with van der Waals surface area (Å²) in [4.78, 5) is 11.6. The van der Waals surface area contributed by atoms with Crippen LogP contribution in [0.2, 0.25) is 0 Å². The van der Waals surface area contributed by atoms with Crippen molar-refractivity contribution in [1.82, 2.24) is 5.32 Å². The van der Waals surface area contributed by atoms with Crippen molar-refractivity contribution in [3.8, 4) is 5.75 Å². The number of amides is 1. The summed E-state index contributed by atoms with van der Waals surface area (Å²) in [6.07, 6.45) is 3.28. The molecular weight excluding hydrogens is 320 g/mol. The average molecular weight is 341 g/mol. The number of hydrogen-bond donors (Lipinski definition) is 2. The van der Waals surface area contributed by atoms with Crippen LogP contribution in [-0.2, 0) is 11.2 Å². The monoisotopic (exact) mass is 340 g/mol. The van der Waals surface area contributed by atoms with E-state index in [2.05, 4.69) is 21.2 Å². The van der Waals surface area contributed by atoms with Crippen LogP contribution < -0.4 is 15.8 Å². The fraction of sp³-hybridized carbons (Fsp3) is 0.533. The molecule has 1 atom stereocenters. The van der Waals surface area contributed by atoms with E-state index in [1.54, 1.807) is 0 Å². The summed E-state index contributed by atoms with van der Waals surface area (Å²) in [5, 5.41) is 2.88. The van der Waals surface area contributed by atoms with E-state index in [1.165, 1.54) is 12.8 Å². The van der Waals surface area contributed by atoms with Crippen LogP contribution in [0.25, 0.3) is 0 Å². The molecule has 2 rings (SSSR count). The molecule has 1 saturated carbocycles. The second-order valence-electron chi connectivity index (χ2n) is 5.48. The van der Waals surface area contributed by atoms with Gasteiger partial charge in [-0.3, -0.25) is 4.79 Å². The Bertz CT molecular complexity index is 473. The Kier molecular flexibility index (Phi) is 5.43. The van der Waals surface area contributed by atoms with Gasteiger partial charge in [0.2, 0.25) is 0 Å². The standard InChI is InChI=1S/C15H21BrN2O2/c1-10(17)6-12-4-5-14(13(16)7-12)20-9-15(19)18-8-11-2-3-11/h4-5,7,10-11H,2-3,6,8-9,17H2,1H3,(H,18,19). The van der Waals surface area contributed by atoms with Crippen LogP contribution in [0.4, 0.5) is 0 Å². The van der Waals surface area contributed by atoms with Gasteiger partial charge in [-0.2, -0.15) is 0 Å². The van der Waals surface area contributed by atoms with E-state index in [0.29, 0.717) is 11.7 Å². The first kappa shape index (κ1) is 15.3. The van der Waals surface area contributed by atoms with Crippen molar-refractivity contribution in [1.29, 1.82) is 0 Å². The van der Waals surface area contributed by atoms with Gasteiger partial charge in [0.1, 0.15) is 5.75 Å². The van der Waals surface area contributed by atoms with E-state index >= 15 is 0 Å². The molecule has 110 valence electrons. The lowest BCUT2D eigenvalue weighted by molar-refractivity contribution is -0.123. The van der Waals surface area contributed by atoms with Crippen molar-refractivity contribution >= 4 is 21.8 Å². The van der Waals surface area contributed by atoms with Crippen LogP contribution in [0.15, 0.2) is 22.7 Å². The third-order valence-corrected chi connectivity index (χ3v) is 3.82. The van der Waals surface area contributed by atoms with Crippen molar-refractivity contribution in [2.24, 2.45) is 11.7 Å². The number of benzene rings is 1. The highest BCUT2D eigenvalue weighted by Gasteiger charge is 2.21. The Balaban J connectivity index is 1.80. The maximum Gasteiger partial charge on any atom is 0.257 e. The third-order valence-electron chi connectivity index (χ3n) is 3.20. The molecule has 4 nitrogen and oxygen atoms in total. The molecular formula is C15H21BrN2O2. The molecule has 20 heavy (non-hydrogen) atoms. The molecule has 3 N–H and O–H groups in total. The van der Waals surface area contributed by atoms with Gasteiger partial charge in [0, 0.05) is 12.6 Å². The molecule has 1 amide bonds. The first-order valence-electron chi connectivity index (χ1n) is 6.98. The Morgan fingerprint density at radius 3 is 2.90 bits per heavy atom. The lowest BCUT2D eigenvalue weighted by Crippen LogP contribution is -2.30. The van der Waals surface area contributed by atoms with Crippen LogP contribution in [-0.4, -0.2) is 25.1 Å². The van der Waals surface area contributed by atoms with Crippen LogP contribution in [0.5, 0.6) is 5.75 Å². The van der Waals surface area contributed by atoms with Crippen LogP contribution in [0.3, 0.4) is 0 Å². The topological polar surface area (TPSA) is 64.3 Å². The van der Waals surface area contributed by atoms with Crippen molar-refractivity contribution in [3.63, 3.8) is 0 Å². The van der Waals surface area contributed by atoms with E-state index in [0.717, 1.165) is 23.0 Å². The quantitative estimate of drug-likeness (QED) is 0.800. The van der Waals surface area contributed by atoms with Crippen molar-refractivity contribution < 1.29 is 9.53 Å². The number of rotatable bonds is 7. The first-order valence-corrected chi connectivity index (χ1v) is 7.77. The minimum Gasteiger partial charge on any atom is -0.483 e. The van der Waals surface area contributed by atoms with E-state index in [4.69, 9.17) is 10.5 Å². The number of nitrogens with one attached hydrogen (secondary N) is 1. The predicted octanol–water partition coefficient (Wildman–Crippen LogP) is 2.24. The fourth-order valence-electron chi connectivity index (χ4n) is 1.93. The molecule has 0 aromatic heterocycles. The minimum atomic E-state index is -0.0662. The van der Waals surface area contributed by atoms with Gasteiger partial charge in [0.05, 0.1) is 4.47 Å². The van der Waals surface area contributed by atoms with Gasteiger partial charge in [0.15, 0.2) is 6.61 Å². The highest BCUT2D eigenvalue weighted by atomic mass is 79.9. The molecule has 5 heteroatoms. The summed E-state index contributed by atoms with van der Waals surface area (Å²) in [5.41, 5.74) is 6.92. The molecule has 1 aromatic rings. The highest BCUT2D eigenvalue weighted by Crippen LogP contribution is 2.28. The van der Waals surface area contributed by atoms with Crippen molar-refractivity contribution in [2.45, 2.75) is 32.2 Å². The summed E-state index contributed by atoms with van der Waals surface area (Å²) in [6.45, 7) is 2.80. The fourth-order valence-corrected chi connectivity index (χ4v) is 2.48. The Morgan fingerprint density at radius 2 is 2.30 bits per heavy atom. The van der Waals surface area contributed by atoms with Crippen molar-refractivity contribution in [3.05, 3.63) is 28.2 Å². The van der Waals surface area contributed by atoms with Gasteiger partial charge < -0.3 is 15.8 Å². The van der Waals surface area contributed by atoms with Crippen LogP contribution >= 0.6 is 15.9 Å². The molecule has 1 aliphatic carbocycles. The van der Waals surface area contributed by atoms with Gasteiger partial charge in [0.25, 0.3) is 5.91 Å². The summed E-state index contributed by atoms with van der Waals surface area (Å²) in [7, 11) is 0. The minimum absolute atomic E-state index is 0.0535. The normalized spacial score (nSPS) is 15.8. The molecule has 0 radical (unpaired) electrons. The molecule has 0 heterocycles. The Morgan fingerprint density at radius 1 is 1.55 bits per heavy atom. The first-order chi connectivity index (χ1) is 9.54. The van der Waals surface area contributed by atoms with Gasteiger partial charge in [-0.15, -0.1) is 0 Å². The van der Waals surface area contributed by atoms with E-state index in [9.17, 15) is 4.79 Å². The molecule has 1 unspecified atom stereocenters. The Labute approximate surface area is 128 Å². The van der Waals surface area contributed by atoms with Crippen molar-refractivity contribution in [2.75, 3.05) is 13.2 Å². The molecule has 1 fully saturated rings. The number of nitrogens with two attached hydrogens (primary N) is 1. The highest BCUT2D eigenvalue weighted by molar-refractivity contribution is 9.10. The number of carbonyl (C=O) groups is 1. The third kappa shape index (κ3) is 5.13. The SMILES string of the molecule is CC(N)Cc1ccc(OCC(=O)NCC2CC2)c(Br)c1. The average Bonchev–Trinajstić information content (AvgIpc) is 3.18. The summed E-state index contributed by atoms with van der Waals surface area (Å²) < 4.78 is 6.37. The largest absolute Gasteiger partial charge is 0.483 e. The zero-order valence-electron chi connectivity index (χ0n) is 11.7. The second kappa shape index (κ2) is 7.09. The number of hydrogen-bond acceptors (Lipinski definition) is 3. The van der Waals surface area contributed by atoms with E-state index in [1.807, 2.05) is 25.1 Å². The van der Waals surface area contributed by atoms with Gasteiger partial charge in [-0.05, 0) is 65.7 Å². The van der Waals surface area contributed by atoms with Crippen LogP contribution in [0, 0.1) is 5.92 Å². The zero-order chi connectivity index (χ0) is 14.5. The zero-order valence-corrected chi connectivity index (χ0v) is 13.3. The summed E-state index contributed by atoms with van der Waals surface area (Å²) in [5.74, 6) is 1.30. The lowest BCUT2D eigenvalue weighted by atomic mass is 10.1. The van der Waals surface area contributed by atoms with E-state index in [-0.39, 0.29) is 18.6 Å². The maximum absolute atomic E-state index is 11.6. The smallest absolute Gasteiger partial charge is 0.257 e. The second-order valence-corrected chi connectivity index (χ2v) is 6.34. The van der Waals surface area contributed by atoms with Gasteiger partial charge in [-0.25, -0.2) is 0 Å². The predicted molar refractivity (Wildman–Crippen MR) is 82.7 cm³/mol. The lowest BCUT2D eigenvalue weighted by Gasteiger charge is -2.11.